The fourth-order valence-electron chi connectivity index (χ4n) is 6.27. The van der Waals surface area contributed by atoms with E-state index in [0.717, 1.165) is 5.56 Å². The summed E-state index contributed by atoms with van der Waals surface area (Å²) in [5.74, 6) is -0.181. The molecule has 0 fully saturated rings. The van der Waals surface area contributed by atoms with Crippen molar-refractivity contribution in [1.29, 1.82) is 0 Å². The van der Waals surface area contributed by atoms with Gasteiger partial charge in [0, 0.05) is 48.0 Å². The van der Waals surface area contributed by atoms with Gasteiger partial charge < -0.3 is 20.3 Å². The van der Waals surface area contributed by atoms with Gasteiger partial charge in [0.2, 0.25) is 0 Å². The number of carboxylic acids is 1. The lowest BCUT2D eigenvalue weighted by atomic mass is 9.65. The van der Waals surface area contributed by atoms with E-state index in [0.29, 0.717) is 70.9 Å². The number of ketones is 2. The molecule has 1 aromatic heterocycles. The molecule has 0 atom stereocenters. The Hall–Kier alpha value is -3.94. The number of Topliss-reactive ketones (excluding diaryl/α,β-unsaturated/α-hetero) is 2. The lowest BCUT2D eigenvalue weighted by molar-refractivity contribution is -0.120. The molecule has 5 rings (SSSR count). The maximum absolute atomic E-state index is 13.8. The summed E-state index contributed by atoms with van der Waals surface area (Å²) in [4.78, 5) is 43.6. The second-order valence-corrected chi connectivity index (χ2v) is 12.4. The number of aromatic carboxylic acids is 1. The molecule has 0 unspecified atom stereocenters. The summed E-state index contributed by atoms with van der Waals surface area (Å²) in [6.45, 7) is 10.1. The number of nitrogen functional groups attached to an aromatic ring is 1. The third-order valence-electron chi connectivity index (χ3n) is 7.97. The van der Waals surface area contributed by atoms with E-state index in [2.05, 4.69) is 4.98 Å². The van der Waals surface area contributed by atoms with E-state index < -0.39 is 11.9 Å². The van der Waals surface area contributed by atoms with Crippen molar-refractivity contribution in [3.05, 3.63) is 63.8 Å². The summed E-state index contributed by atoms with van der Waals surface area (Å²) < 4.78 is 12.2. The van der Waals surface area contributed by atoms with Gasteiger partial charge in [0.05, 0.1) is 24.4 Å². The minimum absolute atomic E-state index is 0.0407. The van der Waals surface area contributed by atoms with Crippen molar-refractivity contribution in [1.82, 2.24) is 4.98 Å². The number of carbonyl (C=O) groups excluding carboxylic acids is 2. The van der Waals surface area contributed by atoms with Crippen LogP contribution in [0.3, 0.4) is 0 Å². The van der Waals surface area contributed by atoms with E-state index >= 15 is 0 Å². The summed E-state index contributed by atoms with van der Waals surface area (Å²) >= 11 is 0. The Kier molecular flexibility index (Phi) is 6.20. The average molecular weight is 531 g/mol. The molecule has 0 spiro atoms. The van der Waals surface area contributed by atoms with Gasteiger partial charge in [-0.3, -0.25) is 9.59 Å². The van der Waals surface area contributed by atoms with Gasteiger partial charge in [-0.25, -0.2) is 9.78 Å². The van der Waals surface area contributed by atoms with E-state index in [-0.39, 0.29) is 33.8 Å². The summed E-state index contributed by atoms with van der Waals surface area (Å²) in [6.07, 6.45) is 1.85. The number of methoxy groups -OCH3 is 1. The Labute approximate surface area is 227 Å². The first kappa shape index (κ1) is 26.7. The summed E-state index contributed by atoms with van der Waals surface area (Å²) in [7, 11) is 1.56. The molecule has 0 amide bonds. The van der Waals surface area contributed by atoms with Gasteiger partial charge in [0.15, 0.2) is 17.3 Å². The molecule has 0 saturated carbocycles. The Bertz CT molecular complexity index is 1460. The fraction of sp³-hybridized carbons (Fsp3) is 0.419. The smallest absolute Gasteiger partial charge is 0.356 e. The van der Waals surface area contributed by atoms with Gasteiger partial charge in [-0.2, -0.15) is 0 Å². The topological polar surface area (TPSA) is 129 Å². The quantitative estimate of drug-likeness (QED) is 0.512. The van der Waals surface area contributed by atoms with E-state index in [1.54, 1.807) is 19.2 Å². The number of benzene rings is 1. The molecule has 8 nitrogen and oxygen atoms in total. The third kappa shape index (κ3) is 4.51. The van der Waals surface area contributed by atoms with Crippen LogP contribution in [0.4, 0.5) is 5.69 Å². The van der Waals surface area contributed by atoms with E-state index in [9.17, 15) is 19.5 Å². The molecule has 3 N–H and O–H groups in total. The number of hydrogen-bond donors (Lipinski definition) is 2. The molecule has 39 heavy (non-hydrogen) atoms. The van der Waals surface area contributed by atoms with Crippen LogP contribution in [0.25, 0.3) is 11.3 Å². The minimum Gasteiger partial charge on any atom is -0.496 e. The summed E-state index contributed by atoms with van der Waals surface area (Å²) in [5, 5.41) is 9.59. The summed E-state index contributed by atoms with van der Waals surface area (Å²) in [5.41, 5.74) is 8.68. The first-order valence-electron chi connectivity index (χ1n) is 13.1. The predicted molar refractivity (Wildman–Crippen MR) is 146 cm³/mol. The number of anilines is 1. The van der Waals surface area contributed by atoms with E-state index in [4.69, 9.17) is 15.2 Å². The van der Waals surface area contributed by atoms with Crippen LogP contribution in [0.2, 0.25) is 0 Å². The number of nitrogens with two attached hydrogens (primary N) is 1. The van der Waals surface area contributed by atoms with Gasteiger partial charge in [0.25, 0.3) is 0 Å². The lowest BCUT2D eigenvalue weighted by Gasteiger charge is -2.43. The zero-order chi connectivity index (χ0) is 28.4. The van der Waals surface area contributed by atoms with Crippen LogP contribution < -0.4 is 10.5 Å². The molecule has 1 aliphatic heterocycles. The van der Waals surface area contributed by atoms with Gasteiger partial charge in [-0.15, -0.1) is 0 Å². The highest BCUT2D eigenvalue weighted by Crippen LogP contribution is 2.55. The van der Waals surface area contributed by atoms with Crippen LogP contribution in [0.5, 0.6) is 5.75 Å². The molecule has 1 aromatic carbocycles. The number of carbonyl (C=O) groups is 3. The molecule has 0 bridgehead atoms. The number of ether oxygens (including phenoxy) is 2. The monoisotopic (exact) mass is 530 g/mol. The van der Waals surface area contributed by atoms with Gasteiger partial charge >= 0.3 is 5.97 Å². The highest BCUT2D eigenvalue weighted by Gasteiger charge is 2.49. The largest absolute Gasteiger partial charge is 0.496 e. The normalized spacial score (nSPS) is 20.4. The zero-order valence-corrected chi connectivity index (χ0v) is 23.2. The van der Waals surface area contributed by atoms with Crippen molar-refractivity contribution in [2.45, 2.75) is 66.2 Å². The molecular weight excluding hydrogens is 496 g/mol. The molecule has 204 valence electrons. The van der Waals surface area contributed by atoms with E-state index in [1.165, 1.54) is 6.07 Å². The molecule has 2 aromatic rings. The standard InChI is InChI=1S/C31H34N2O6/c1-15-16(18-9-8-17(32)28(33-18)29(36)37)7-10-21(38-6)24(15)27-25-19(34)11-30(2,3)13-22(25)39-23-14-31(4,5)12-20(35)26(23)27/h7-10,27H,11-14,32H2,1-6H3,(H,36,37). The van der Waals surface area contributed by atoms with Crippen LogP contribution in [0, 0.1) is 17.8 Å². The van der Waals surface area contributed by atoms with Crippen LogP contribution >= 0.6 is 0 Å². The highest BCUT2D eigenvalue weighted by molar-refractivity contribution is 6.06. The van der Waals surface area contributed by atoms with Crippen molar-refractivity contribution < 1.29 is 29.0 Å². The second-order valence-electron chi connectivity index (χ2n) is 12.4. The van der Waals surface area contributed by atoms with Crippen LogP contribution in [-0.4, -0.2) is 34.7 Å². The van der Waals surface area contributed by atoms with Crippen LogP contribution in [0.15, 0.2) is 46.9 Å². The molecule has 2 aliphatic carbocycles. The SMILES string of the molecule is COc1ccc(-c2ccc(N)c(C(=O)O)n2)c(C)c1C1C2=C(CC(C)(C)CC2=O)OC2=C1C(=O)CC(C)(C)C2. The number of allylic oxidation sites excluding steroid dienone is 4. The number of nitrogens with zero attached hydrogens (tertiary/aromatic N) is 1. The fourth-order valence-corrected chi connectivity index (χ4v) is 6.27. The summed E-state index contributed by atoms with van der Waals surface area (Å²) in [6, 6.07) is 6.77. The van der Waals surface area contributed by atoms with Crippen LogP contribution in [0.1, 0.15) is 80.9 Å². The van der Waals surface area contributed by atoms with Crippen molar-refractivity contribution >= 4 is 23.2 Å². The molecule has 0 saturated heterocycles. The third-order valence-corrected chi connectivity index (χ3v) is 7.97. The number of rotatable bonds is 4. The van der Waals surface area contributed by atoms with Gasteiger partial charge in [-0.05, 0) is 47.6 Å². The zero-order valence-electron chi connectivity index (χ0n) is 23.2. The number of aromatic nitrogens is 1. The number of pyridine rings is 1. The van der Waals surface area contributed by atoms with Gasteiger partial charge in [-0.1, -0.05) is 27.7 Å². The van der Waals surface area contributed by atoms with Crippen molar-refractivity contribution in [2.75, 3.05) is 12.8 Å². The Morgan fingerprint density at radius 2 is 1.54 bits per heavy atom. The van der Waals surface area contributed by atoms with Crippen LogP contribution in [-0.2, 0) is 14.3 Å². The average Bonchev–Trinajstić information content (AvgIpc) is 2.81. The van der Waals surface area contributed by atoms with E-state index in [1.807, 2.05) is 40.7 Å². The van der Waals surface area contributed by atoms with Crippen molar-refractivity contribution in [3.63, 3.8) is 0 Å². The van der Waals surface area contributed by atoms with Crippen molar-refractivity contribution in [3.8, 4) is 17.0 Å². The Morgan fingerprint density at radius 3 is 2.05 bits per heavy atom. The molecule has 0 radical (unpaired) electrons. The first-order chi connectivity index (χ1) is 18.2. The molecule has 8 heteroatoms. The highest BCUT2D eigenvalue weighted by atomic mass is 16.5. The maximum atomic E-state index is 13.8. The Balaban J connectivity index is 1.79. The second kappa shape index (κ2) is 9.07. The van der Waals surface area contributed by atoms with Crippen molar-refractivity contribution in [2.24, 2.45) is 10.8 Å². The molecular formula is C31H34N2O6. The molecule has 2 heterocycles. The predicted octanol–water partition coefficient (Wildman–Crippen LogP) is 5.75. The minimum atomic E-state index is -1.22. The van der Waals surface area contributed by atoms with Gasteiger partial charge in [0.1, 0.15) is 17.3 Å². The Morgan fingerprint density at radius 1 is 0.974 bits per heavy atom. The maximum Gasteiger partial charge on any atom is 0.356 e. The molecule has 3 aliphatic rings. The first-order valence-corrected chi connectivity index (χ1v) is 13.1. The lowest BCUT2D eigenvalue weighted by Crippen LogP contribution is -2.38. The number of hydrogen-bond acceptors (Lipinski definition) is 7. The number of carboxylic acid groups (broad SMARTS) is 1.